The van der Waals surface area contributed by atoms with E-state index < -0.39 is 12.1 Å². The second-order valence-corrected chi connectivity index (χ2v) is 4.50. The number of hydrogen-bond donors (Lipinski definition) is 2. The van der Waals surface area contributed by atoms with E-state index in [0.29, 0.717) is 12.1 Å². The van der Waals surface area contributed by atoms with Crippen molar-refractivity contribution in [2.75, 3.05) is 19.0 Å². The molecule has 0 amide bonds. The SMILES string of the molecule is COC(CNc1ccc(C#N)cc1Br)CC(=O)O. The van der Waals surface area contributed by atoms with Gasteiger partial charge in [0.1, 0.15) is 0 Å². The summed E-state index contributed by atoms with van der Waals surface area (Å²) < 4.78 is 5.81. The number of aliphatic carboxylic acids is 1. The van der Waals surface area contributed by atoms with Gasteiger partial charge in [-0.15, -0.1) is 0 Å². The van der Waals surface area contributed by atoms with E-state index >= 15 is 0 Å². The lowest BCUT2D eigenvalue weighted by molar-refractivity contribution is -0.139. The number of hydrogen-bond acceptors (Lipinski definition) is 4. The van der Waals surface area contributed by atoms with Crippen molar-refractivity contribution < 1.29 is 14.6 Å². The Balaban J connectivity index is 2.62. The molecule has 0 aliphatic rings. The molecule has 96 valence electrons. The van der Waals surface area contributed by atoms with Gasteiger partial charge >= 0.3 is 5.97 Å². The average molecular weight is 313 g/mol. The van der Waals surface area contributed by atoms with Gasteiger partial charge in [0.05, 0.1) is 24.2 Å². The van der Waals surface area contributed by atoms with Gasteiger partial charge in [0.15, 0.2) is 0 Å². The van der Waals surface area contributed by atoms with Crippen molar-refractivity contribution in [1.29, 1.82) is 5.26 Å². The van der Waals surface area contributed by atoms with Crippen LogP contribution >= 0.6 is 15.9 Å². The fourth-order valence-corrected chi connectivity index (χ4v) is 1.90. The lowest BCUT2D eigenvalue weighted by Crippen LogP contribution is -2.25. The monoisotopic (exact) mass is 312 g/mol. The predicted molar refractivity (Wildman–Crippen MR) is 70.4 cm³/mol. The summed E-state index contributed by atoms with van der Waals surface area (Å²) >= 11 is 3.34. The van der Waals surface area contributed by atoms with Gasteiger partial charge in [-0.25, -0.2) is 0 Å². The largest absolute Gasteiger partial charge is 0.481 e. The third kappa shape index (κ3) is 4.35. The van der Waals surface area contributed by atoms with E-state index in [9.17, 15) is 4.79 Å². The fraction of sp³-hybridized carbons (Fsp3) is 0.333. The molecule has 0 aliphatic heterocycles. The lowest BCUT2D eigenvalue weighted by atomic mass is 10.2. The van der Waals surface area contributed by atoms with Crippen LogP contribution in [-0.4, -0.2) is 30.8 Å². The molecule has 18 heavy (non-hydrogen) atoms. The standard InChI is InChI=1S/C12H13BrN2O3/c1-18-9(5-12(16)17)7-15-11-3-2-8(6-14)4-10(11)13/h2-4,9,15H,5,7H2,1H3,(H,16,17). The Bertz CT molecular complexity index is 471. The normalized spacial score (nSPS) is 11.6. The molecular formula is C12H13BrN2O3. The van der Waals surface area contributed by atoms with Crippen LogP contribution in [0.2, 0.25) is 0 Å². The molecule has 0 bridgehead atoms. The number of carbonyl (C=O) groups is 1. The van der Waals surface area contributed by atoms with Crippen LogP contribution in [0, 0.1) is 11.3 Å². The number of methoxy groups -OCH3 is 1. The first kappa shape index (κ1) is 14.5. The zero-order chi connectivity index (χ0) is 13.5. The van der Waals surface area contributed by atoms with Gasteiger partial charge < -0.3 is 15.2 Å². The summed E-state index contributed by atoms with van der Waals surface area (Å²) in [4.78, 5) is 10.6. The van der Waals surface area contributed by atoms with E-state index in [1.54, 1.807) is 18.2 Å². The molecular weight excluding hydrogens is 300 g/mol. The Morgan fingerprint density at radius 3 is 2.89 bits per heavy atom. The van der Waals surface area contributed by atoms with Crippen LogP contribution in [0.3, 0.4) is 0 Å². The smallest absolute Gasteiger partial charge is 0.306 e. The summed E-state index contributed by atoms with van der Waals surface area (Å²) in [7, 11) is 1.48. The second kappa shape index (κ2) is 6.99. The van der Waals surface area contributed by atoms with Crippen molar-refractivity contribution in [3.63, 3.8) is 0 Å². The second-order valence-electron chi connectivity index (χ2n) is 3.64. The van der Waals surface area contributed by atoms with Crippen molar-refractivity contribution in [3.05, 3.63) is 28.2 Å². The highest BCUT2D eigenvalue weighted by atomic mass is 79.9. The Hall–Kier alpha value is -1.58. The summed E-state index contributed by atoms with van der Waals surface area (Å²) in [6.07, 6.45) is -0.456. The van der Waals surface area contributed by atoms with Crippen molar-refractivity contribution in [2.45, 2.75) is 12.5 Å². The van der Waals surface area contributed by atoms with Gasteiger partial charge in [-0.1, -0.05) is 0 Å². The Labute approximate surface area is 114 Å². The summed E-state index contributed by atoms with van der Waals surface area (Å²) in [5, 5.41) is 20.5. The maximum absolute atomic E-state index is 10.6. The number of carboxylic acid groups (broad SMARTS) is 1. The molecule has 0 aliphatic carbocycles. The Morgan fingerprint density at radius 1 is 1.67 bits per heavy atom. The van der Waals surface area contributed by atoms with E-state index in [1.165, 1.54) is 7.11 Å². The van der Waals surface area contributed by atoms with Crippen LogP contribution in [0.25, 0.3) is 0 Å². The molecule has 0 saturated carbocycles. The highest BCUT2D eigenvalue weighted by molar-refractivity contribution is 9.10. The molecule has 1 aromatic rings. The molecule has 0 saturated heterocycles. The summed E-state index contributed by atoms with van der Waals surface area (Å²) in [5.41, 5.74) is 1.35. The van der Waals surface area contributed by atoms with Crippen LogP contribution in [-0.2, 0) is 9.53 Å². The van der Waals surface area contributed by atoms with Crippen LogP contribution in [0.1, 0.15) is 12.0 Å². The van der Waals surface area contributed by atoms with E-state index in [4.69, 9.17) is 15.1 Å². The number of ether oxygens (including phenoxy) is 1. The summed E-state index contributed by atoms with van der Waals surface area (Å²) in [6.45, 7) is 0.382. The first-order valence-electron chi connectivity index (χ1n) is 5.25. The molecule has 1 aromatic carbocycles. The number of halogens is 1. The average Bonchev–Trinajstić information content (AvgIpc) is 2.35. The molecule has 0 aromatic heterocycles. The van der Waals surface area contributed by atoms with Crippen LogP contribution < -0.4 is 5.32 Å². The minimum absolute atomic E-state index is 0.0581. The number of benzene rings is 1. The molecule has 6 heteroatoms. The number of anilines is 1. The minimum atomic E-state index is -0.900. The zero-order valence-corrected chi connectivity index (χ0v) is 11.4. The van der Waals surface area contributed by atoms with E-state index in [2.05, 4.69) is 21.2 Å². The predicted octanol–water partition coefficient (Wildman–Crippen LogP) is 2.22. The molecule has 1 atom stereocenters. The molecule has 0 radical (unpaired) electrons. The highest BCUT2D eigenvalue weighted by Crippen LogP contribution is 2.23. The highest BCUT2D eigenvalue weighted by Gasteiger charge is 2.12. The quantitative estimate of drug-likeness (QED) is 0.841. The van der Waals surface area contributed by atoms with Gasteiger partial charge in [0.2, 0.25) is 0 Å². The van der Waals surface area contributed by atoms with Crippen molar-refractivity contribution in [1.82, 2.24) is 0 Å². The number of carboxylic acids is 1. The Morgan fingerprint density at radius 2 is 2.39 bits per heavy atom. The topological polar surface area (TPSA) is 82.3 Å². The van der Waals surface area contributed by atoms with E-state index in [-0.39, 0.29) is 6.42 Å². The van der Waals surface area contributed by atoms with Gasteiger partial charge in [-0.2, -0.15) is 5.26 Å². The van der Waals surface area contributed by atoms with Gasteiger partial charge in [-0.05, 0) is 34.1 Å². The number of rotatable bonds is 6. The van der Waals surface area contributed by atoms with Crippen LogP contribution in [0.15, 0.2) is 22.7 Å². The lowest BCUT2D eigenvalue weighted by Gasteiger charge is -2.15. The molecule has 2 N–H and O–H groups in total. The molecule has 1 unspecified atom stereocenters. The fourth-order valence-electron chi connectivity index (χ4n) is 1.39. The van der Waals surface area contributed by atoms with Gasteiger partial charge in [0, 0.05) is 23.8 Å². The molecule has 5 nitrogen and oxygen atoms in total. The third-order valence-corrected chi connectivity index (χ3v) is 3.01. The van der Waals surface area contributed by atoms with Crippen LogP contribution in [0.4, 0.5) is 5.69 Å². The van der Waals surface area contributed by atoms with Crippen molar-refractivity contribution in [3.8, 4) is 6.07 Å². The van der Waals surface area contributed by atoms with Crippen molar-refractivity contribution >= 4 is 27.6 Å². The molecule has 1 rings (SSSR count). The third-order valence-electron chi connectivity index (χ3n) is 2.35. The summed E-state index contributed by atoms with van der Waals surface area (Å²) in [5.74, 6) is -0.900. The molecule has 0 spiro atoms. The number of nitrogens with one attached hydrogen (secondary N) is 1. The first-order valence-corrected chi connectivity index (χ1v) is 6.04. The molecule has 0 fully saturated rings. The minimum Gasteiger partial charge on any atom is -0.481 e. The van der Waals surface area contributed by atoms with E-state index in [1.807, 2.05) is 6.07 Å². The van der Waals surface area contributed by atoms with Gasteiger partial charge in [0.25, 0.3) is 0 Å². The number of nitrogens with zero attached hydrogens (tertiary/aromatic N) is 1. The maximum Gasteiger partial charge on any atom is 0.306 e. The molecule has 0 heterocycles. The first-order chi connectivity index (χ1) is 8.56. The van der Waals surface area contributed by atoms with Crippen LogP contribution in [0.5, 0.6) is 0 Å². The van der Waals surface area contributed by atoms with Crippen molar-refractivity contribution in [2.24, 2.45) is 0 Å². The zero-order valence-electron chi connectivity index (χ0n) is 9.81. The summed E-state index contributed by atoms with van der Waals surface area (Å²) in [6, 6.07) is 7.18. The van der Waals surface area contributed by atoms with E-state index in [0.717, 1.165) is 10.2 Å². The number of nitriles is 1. The maximum atomic E-state index is 10.6. The van der Waals surface area contributed by atoms with Gasteiger partial charge in [-0.3, -0.25) is 4.79 Å². The Kier molecular flexibility index (Phi) is 5.62.